The van der Waals surface area contributed by atoms with Crippen molar-refractivity contribution in [1.82, 2.24) is 9.80 Å². The van der Waals surface area contributed by atoms with Gasteiger partial charge in [-0.05, 0) is 18.4 Å². The van der Waals surface area contributed by atoms with Gasteiger partial charge < -0.3 is 14.5 Å². The zero-order valence-electron chi connectivity index (χ0n) is 13.1. The lowest BCUT2D eigenvalue weighted by Crippen LogP contribution is -2.51. The van der Waals surface area contributed by atoms with Crippen LogP contribution in [-0.2, 0) is 9.59 Å². The van der Waals surface area contributed by atoms with E-state index < -0.39 is 6.10 Å². The first-order valence-corrected chi connectivity index (χ1v) is 7.81. The average molecular weight is 312 g/mol. The fourth-order valence-corrected chi connectivity index (χ4v) is 2.84. The van der Waals surface area contributed by atoms with E-state index in [9.17, 15) is 9.59 Å². The van der Waals surface area contributed by atoms with E-state index in [1.54, 1.807) is 16.7 Å². The van der Waals surface area contributed by atoms with Crippen LogP contribution in [0.3, 0.4) is 0 Å². The monoisotopic (exact) mass is 312 g/mol. The van der Waals surface area contributed by atoms with Gasteiger partial charge in [-0.15, -0.1) is 0 Å². The van der Waals surface area contributed by atoms with Gasteiger partial charge in [0.05, 0.1) is 0 Å². The summed E-state index contributed by atoms with van der Waals surface area (Å²) in [5.74, 6) is 0.680. The molecule has 1 fully saturated rings. The third-order valence-corrected chi connectivity index (χ3v) is 4.18. The van der Waals surface area contributed by atoms with Crippen molar-refractivity contribution in [2.45, 2.75) is 13.0 Å². The molecule has 5 heteroatoms. The number of ether oxygens (including phenoxy) is 1. The highest BCUT2D eigenvalue weighted by Crippen LogP contribution is 2.26. The van der Waals surface area contributed by atoms with Crippen LogP contribution in [0.5, 0.6) is 5.75 Å². The highest BCUT2D eigenvalue weighted by atomic mass is 16.5. The number of hydrogen-bond donors (Lipinski definition) is 0. The predicted molar refractivity (Wildman–Crippen MR) is 88.3 cm³/mol. The van der Waals surface area contributed by atoms with Crippen LogP contribution in [0.25, 0.3) is 10.8 Å². The van der Waals surface area contributed by atoms with Crippen LogP contribution in [0.4, 0.5) is 0 Å². The molecule has 1 aliphatic rings. The highest BCUT2D eigenvalue weighted by molar-refractivity contribution is 5.89. The van der Waals surface area contributed by atoms with Crippen LogP contribution < -0.4 is 4.74 Å². The smallest absolute Gasteiger partial charge is 0.263 e. The standard InChI is InChI=1S/C18H20N2O3/c1-14(18(22)20-11-9-19(13-21)10-12-20)23-17-8-4-6-15-5-2-3-7-16(15)17/h2-8,13-14H,9-12H2,1H3. The molecule has 5 nitrogen and oxygen atoms in total. The second-order valence-electron chi connectivity index (χ2n) is 5.70. The third-order valence-electron chi connectivity index (χ3n) is 4.18. The van der Waals surface area contributed by atoms with Crippen LogP contribution in [0.15, 0.2) is 42.5 Å². The number of rotatable bonds is 4. The molecule has 0 N–H and O–H groups in total. The molecule has 0 aliphatic carbocycles. The lowest BCUT2D eigenvalue weighted by molar-refractivity contribution is -0.141. The van der Waals surface area contributed by atoms with Gasteiger partial charge in [0.2, 0.25) is 6.41 Å². The quantitative estimate of drug-likeness (QED) is 0.810. The lowest BCUT2D eigenvalue weighted by Gasteiger charge is -2.34. The van der Waals surface area contributed by atoms with Gasteiger partial charge in [-0.3, -0.25) is 9.59 Å². The zero-order valence-corrected chi connectivity index (χ0v) is 13.1. The largest absolute Gasteiger partial charge is 0.480 e. The molecule has 1 saturated heterocycles. The van der Waals surface area contributed by atoms with E-state index in [1.807, 2.05) is 42.5 Å². The molecular formula is C18H20N2O3. The van der Waals surface area contributed by atoms with Gasteiger partial charge >= 0.3 is 0 Å². The van der Waals surface area contributed by atoms with Gasteiger partial charge in [0.25, 0.3) is 5.91 Å². The number of hydrogen-bond acceptors (Lipinski definition) is 3. The fourth-order valence-electron chi connectivity index (χ4n) is 2.84. The van der Waals surface area contributed by atoms with Gasteiger partial charge in [0.1, 0.15) is 5.75 Å². The molecule has 0 spiro atoms. The summed E-state index contributed by atoms with van der Waals surface area (Å²) in [5.41, 5.74) is 0. The van der Waals surface area contributed by atoms with E-state index in [-0.39, 0.29) is 5.91 Å². The molecule has 0 bridgehead atoms. The van der Waals surface area contributed by atoms with Crippen molar-refractivity contribution < 1.29 is 14.3 Å². The van der Waals surface area contributed by atoms with Crippen LogP contribution >= 0.6 is 0 Å². The molecule has 2 amide bonds. The van der Waals surface area contributed by atoms with Crippen LogP contribution in [0.2, 0.25) is 0 Å². The zero-order chi connectivity index (χ0) is 16.2. The van der Waals surface area contributed by atoms with Gasteiger partial charge in [-0.25, -0.2) is 0 Å². The van der Waals surface area contributed by atoms with Crippen molar-refractivity contribution in [3.8, 4) is 5.75 Å². The molecule has 0 radical (unpaired) electrons. The maximum Gasteiger partial charge on any atom is 0.263 e. The van der Waals surface area contributed by atoms with Crippen molar-refractivity contribution in [2.24, 2.45) is 0 Å². The number of benzene rings is 2. The normalized spacial score (nSPS) is 16.2. The molecule has 0 saturated carbocycles. The van der Waals surface area contributed by atoms with Crippen molar-refractivity contribution in [1.29, 1.82) is 0 Å². The summed E-state index contributed by atoms with van der Waals surface area (Å²) in [5, 5.41) is 2.09. The van der Waals surface area contributed by atoms with E-state index >= 15 is 0 Å². The van der Waals surface area contributed by atoms with Crippen LogP contribution in [-0.4, -0.2) is 54.4 Å². The molecule has 1 atom stereocenters. The van der Waals surface area contributed by atoms with Gasteiger partial charge in [-0.1, -0.05) is 36.4 Å². The molecule has 3 rings (SSSR count). The van der Waals surface area contributed by atoms with Gasteiger partial charge in [0.15, 0.2) is 6.10 Å². The first-order valence-electron chi connectivity index (χ1n) is 7.81. The Hall–Kier alpha value is -2.56. The molecular weight excluding hydrogens is 292 g/mol. The van der Waals surface area contributed by atoms with Crippen LogP contribution in [0.1, 0.15) is 6.92 Å². The highest BCUT2D eigenvalue weighted by Gasteiger charge is 2.25. The Bertz CT molecular complexity index is 703. The van der Waals surface area contributed by atoms with E-state index in [0.717, 1.165) is 22.9 Å². The maximum absolute atomic E-state index is 12.5. The Kier molecular flexibility index (Phi) is 4.46. The fraction of sp³-hybridized carbons (Fsp3) is 0.333. The minimum atomic E-state index is -0.552. The first-order chi connectivity index (χ1) is 11.2. The Morgan fingerprint density at radius 1 is 1.09 bits per heavy atom. The third kappa shape index (κ3) is 3.28. The van der Waals surface area contributed by atoms with Crippen molar-refractivity contribution in [2.75, 3.05) is 26.2 Å². The number of amides is 2. The molecule has 120 valence electrons. The topological polar surface area (TPSA) is 49.9 Å². The summed E-state index contributed by atoms with van der Waals surface area (Å²) in [6.45, 7) is 4.05. The average Bonchev–Trinajstić information content (AvgIpc) is 2.61. The minimum Gasteiger partial charge on any atom is -0.480 e. The lowest BCUT2D eigenvalue weighted by atomic mass is 10.1. The SMILES string of the molecule is CC(Oc1cccc2ccccc12)C(=O)N1CCN(C=O)CC1. The Labute approximate surface area is 135 Å². The van der Waals surface area contributed by atoms with E-state index in [4.69, 9.17) is 4.74 Å². The Morgan fingerprint density at radius 3 is 2.52 bits per heavy atom. The molecule has 2 aromatic rings. The van der Waals surface area contributed by atoms with Crippen molar-refractivity contribution >= 4 is 23.1 Å². The van der Waals surface area contributed by atoms with E-state index in [1.165, 1.54) is 0 Å². The van der Waals surface area contributed by atoms with Crippen molar-refractivity contribution in [3.63, 3.8) is 0 Å². The molecule has 1 unspecified atom stereocenters. The van der Waals surface area contributed by atoms with Gasteiger partial charge in [0, 0.05) is 31.6 Å². The molecule has 23 heavy (non-hydrogen) atoms. The summed E-state index contributed by atoms with van der Waals surface area (Å²) in [7, 11) is 0. The van der Waals surface area contributed by atoms with E-state index in [0.29, 0.717) is 26.2 Å². The second kappa shape index (κ2) is 6.69. The summed E-state index contributed by atoms with van der Waals surface area (Å²) in [6.07, 6.45) is 0.279. The Morgan fingerprint density at radius 2 is 1.78 bits per heavy atom. The number of carbonyl (C=O) groups is 2. The summed E-state index contributed by atoms with van der Waals surface area (Å²) in [4.78, 5) is 26.7. The number of nitrogens with zero attached hydrogens (tertiary/aromatic N) is 2. The van der Waals surface area contributed by atoms with Gasteiger partial charge in [-0.2, -0.15) is 0 Å². The van der Waals surface area contributed by atoms with Crippen molar-refractivity contribution in [3.05, 3.63) is 42.5 Å². The summed E-state index contributed by atoms with van der Waals surface area (Å²) < 4.78 is 5.92. The molecule has 2 aromatic carbocycles. The molecule has 1 aliphatic heterocycles. The van der Waals surface area contributed by atoms with Crippen LogP contribution in [0, 0.1) is 0 Å². The summed E-state index contributed by atoms with van der Waals surface area (Å²) >= 11 is 0. The number of piperazine rings is 1. The predicted octanol–water partition coefficient (Wildman–Crippen LogP) is 1.91. The van der Waals surface area contributed by atoms with E-state index in [2.05, 4.69) is 0 Å². The minimum absolute atomic E-state index is 0.0384. The second-order valence-corrected chi connectivity index (χ2v) is 5.70. The molecule has 1 heterocycles. The first kappa shape index (κ1) is 15.3. The molecule has 0 aromatic heterocycles. The maximum atomic E-state index is 12.5. The number of fused-ring (bicyclic) bond motifs is 1. The Balaban J connectivity index is 1.69. The number of carbonyl (C=O) groups excluding carboxylic acids is 2. The summed E-state index contributed by atoms with van der Waals surface area (Å²) in [6, 6.07) is 13.8.